The van der Waals surface area contributed by atoms with E-state index in [1.54, 1.807) is 11.3 Å². The van der Waals surface area contributed by atoms with Crippen LogP contribution in [0.15, 0.2) is 11.4 Å². The molecule has 2 nitrogen and oxygen atoms in total. The second kappa shape index (κ2) is 5.48. The summed E-state index contributed by atoms with van der Waals surface area (Å²) in [4.78, 5) is 13.2. The van der Waals surface area contributed by atoms with E-state index in [-0.39, 0.29) is 11.8 Å². The number of thiophene rings is 1. The number of carbonyl (C=O) groups excluding carboxylic acids is 1. The third-order valence-electron chi connectivity index (χ3n) is 3.37. The molecule has 1 aliphatic rings. The fourth-order valence-electron chi connectivity index (χ4n) is 2.26. The standard InChI is InChI=1S/C13H19NOS/c1-10-7-8-16-12(10)9-14-13(15)11-5-3-2-4-6-11/h7-8,11H,2-6,9H2,1H3,(H,14,15). The van der Waals surface area contributed by atoms with E-state index in [1.807, 2.05) is 0 Å². The molecule has 1 saturated carbocycles. The van der Waals surface area contributed by atoms with Crippen LogP contribution in [0.3, 0.4) is 0 Å². The summed E-state index contributed by atoms with van der Waals surface area (Å²) in [6, 6.07) is 2.10. The van der Waals surface area contributed by atoms with Crippen molar-refractivity contribution in [3.05, 3.63) is 21.9 Å². The molecule has 1 aromatic heterocycles. The van der Waals surface area contributed by atoms with Crippen LogP contribution in [-0.4, -0.2) is 5.91 Å². The van der Waals surface area contributed by atoms with Crippen molar-refractivity contribution in [2.45, 2.75) is 45.6 Å². The average Bonchev–Trinajstić information content (AvgIpc) is 2.73. The molecule has 3 heteroatoms. The Morgan fingerprint density at radius 1 is 1.44 bits per heavy atom. The molecule has 16 heavy (non-hydrogen) atoms. The Bertz CT molecular complexity index is 353. The maximum absolute atomic E-state index is 11.9. The first-order valence-corrected chi connectivity index (χ1v) is 6.96. The van der Waals surface area contributed by atoms with Crippen LogP contribution in [0.4, 0.5) is 0 Å². The van der Waals surface area contributed by atoms with Crippen molar-refractivity contribution in [3.63, 3.8) is 0 Å². The second-order valence-electron chi connectivity index (χ2n) is 4.58. The van der Waals surface area contributed by atoms with Gasteiger partial charge in [0.2, 0.25) is 5.91 Å². The van der Waals surface area contributed by atoms with Gasteiger partial charge < -0.3 is 5.32 Å². The second-order valence-corrected chi connectivity index (χ2v) is 5.58. The zero-order valence-corrected chi connectivity index (χ0v) is 10.6. The van der Waals surface area contributed by atoms with Crippen LogP contribution < -0.4 is 5.32 Å². The van der Waals surface area contributed by atoms with Gasteiger partial charge >= 0.3 is 0 Å². The van der Waals surface area contributed by atoms with Crippen LogP contribution in [0, 0.1) is 12.8 Å². The van der Waals surface area contributed by atoms with Crippen molar-refractivity contribution in [1.29, 1.82) is 0 Å². The normalized spacial score (nSPS) is 17.3. The number of nitrogens with one attached hydrogen (secondary N) is 1. The molecule has 0 saturated heterocycles. The van der Waals surface area contributed by atoms with Crippen LogP contribution in [0.1, 0.15) is 42.5 Å². The first-order valence-electron chi connectivity index (χ1n) is 6.08. The largest absolute Gasteiger partial charge is 0.351 e. The summed E-state index contributed by atoms with van der Waals surface area (Å²) in [6.07, 6.45) is 5.89. The smallest absolute Gasteiger partial charge is 0.223 e. The average molecular weight is 237 g/mol. The lowest BCUT2D eigenvalue weighted by Crippen LogP contribution is -2.31. The zero-order valence-electron chi connectivity index (χ0n) is 9.79. The van der Waals surface area contributed by atoms with Crippen molar-refractivity contribution in [2.75, 3.05) is 0 Å². The summed E-state index contributed by atoms with van der Waals surface area (Å²) in [5.74, 6) is 0.529. The van der Waals surface area contributed by atoms with Gasteiger partial charge in [-0.2, -0.15) is 0 Å². The molecule has 1 aromatic rings. The van der Waals surface area contributed by atoms with Gasteiger partial charge in [-0.3, -0.25) is 4.79 Å². The SMILES string of the molecule is Cc1ccsc1CNC(=O)C1CCCCC1. The van der Waals surface area contributed by atoms with Gasteiger partial charge in [0.05, 0.1) is 6.54 Å². The molecule has 0 radical (unpaired) electrons. The van der Waals surface area contributed by atoms with E-state index < -0.39 is 0 Å². The van der Waals surface area contributed by atoms with E-state index in [4.69, 9.17) is 0 Å². The minimum Gasteiger partial charge on any atom is -0.351 e. The van der Waals surface area contributed by atoms with Crippen molar-refractivity contribution in [1.82, 2.24) is 5.32 Å². The van der Waals surface area contributed by atoms with Gasteiger partial charge in [0.25, 0.3) is 0 Å². The van der Waals surface area contributed by atoms with E-state index in [2.05, 4.69) is 23.7 Å². The Morgan fingerprint density at radius 3 is 2.81 bits per heavy atom. The predicted molar refractivity (Wildman–Crippen MR) is 67.5 cm³/mol. The minimum absolute atomic E-state index is 0.257. The van der Waals surface area contributed by atoms with Crippen LogP contribution in [0.2, 0.25) is 0 Å². The Labute approximate surface area is 101 Å². The number of hydrogen-bond acceptors (Lipinski definition) is 2. The summed E-state index contributed by atoms with van der Waals surface area (Å²) in [5.41, 5.74) is 1.29. The van der Waals surface area contributed by atoms with E-state index in [0.29, 0.717) is 6.54 Å². The molecule has 0 aromatic carbocycles. The minimum atomic E-state index is 0.257. The topological polar surface area (TPSA) is 29.1 Å². The molecule has 1 aliphatic carbocycles. The predicted octanol–water partition coefficient (Wildman–Crippen LogP) is 3.25. The molecule has 0 bridgehead atoms. The summed E-state index contributed by atoms with van der Waals surface area (Å²) in [7, 11) is 0. The fourth-order valence-corrected chi connectivity index (χ4v) is 3.11. The van der Waals surface area contributed by atoms with Gasteiger partial charge in [0, 0.05) is 10.8 Å². The van der Waals surface area contributed by atoms with Gasteiger partial charge in [-0.05, 0) is 36.8 Å². The van der Waals surface area contributed by atoms with Gasteiger partial charge in [0.15, 0.2) is 0 Å². The van der Waals surface area contributed by atoms with Crippen molar-refractivity contribution >= 4 is 17.2 Å². The molecule has 0 spiro atoms. The lowest BCUT2D eigenvalue weighted by atomic mass is 9.89. The molecule has 1 amide bonds. The quantitative estimate of drug-likeness (QED) is 0.859. The number of amides is 1. The fraction of sp³-hybridized carbons (Fsp3) is 0.615. The molecule has 2 rings (SSSR count). The van der Waals surface area contributed by atoms with Crippen LogP contribution >= 0.6 is 11.3 Å². The highest BCUT2D eigenvalue weighted by Crippen LogP contribution is 2.24. The third kappa shape index (κ3) is 2.85. The van der Waals surface area contributed by atoms with Gasteiger partial charge in [-0.1, -0.05) is 19.3 Å². The first-order chi connectivity index (χ1) is 7.77. The molecule has 1 heterocycles. The summed E-state index contributed by atoms with van der Waals surface area (Å²) in [6.45, 7) is 2.80. The van der Waals surface area contributed by atoms with E-state index in [0.717, 1.165) is 12.8 Å². The van der Waals surface area contributed by atoms with Gasteiger partial charge in [0.1, 0.15) is 0 Å². The molecular formula is C13H19NOS. The summed E-state index contributed by atoms with van der Waals surface area (Å²) >= 11 is 1.72. The molecule has 88 valence electrons. The highest BCUT2D eigenvalue weighted by atomic mass is 32.1. The van der Waals surface area contributed by atoms with E-state index in [9.17, 15) is 4.79 Å². The Morgan fingerprint density at radius 2 is 2.19 bits per heavy atom. The third-order valence-corrected chi connectivity index (χ3v) is 4.39. The molecule has 1 N–H and O–H groups in total. The van der Waals surface area contributed by atoms with E-state index in [1.165, 1.54) is 29.7 Å². The highest BCUT2D eigenvalue weighted by Gasteiger charge is 2.20. The number of rotatable bonds is 3. The van der Waals surface area contributed by atoms with Crippen molar-refractivity contribution in [3.8, 4) is 0 Å². The Kier molecular flexibility index (Phi) is 3.99. The maximum Gasteiger partial charge on any atom is 0.223 e. The Hall–Kier alpha value is -0.830. The molecular weight excluding hydrogens is 218 g/mol. The lowest BCUT2D eigenvalue weighted by molar-refractivity contribution is -0.126. The highest BCUT2D eigenvalue weighted by molar-refractivity contribution is 7.10. The summed E-state index contributed by atoms with van der Waals surface area (Å²) in [5, 5.41) is 5.15. The molecule has 0 atom stereocenters. The first kappa shape index (κ1) is 11.6. The lowest BCUT2D eigenvalue weighted by Gasteiger charge is -2.20. The number of hydrogen-bond donors (Lipinski definition) is 1. The summed E-state index contributed by atoms with van der Waals surface area (Å²) < 4.78 is 0. The molecule has 0 unspecified atom stereocenters. The van der Waals surface area contributed by atoms with Gasteiger partial charge in [-0.15, -0.1) is 11.3 Å². The maximum atomic E-state index is 11.9. The van der Waals surface area contributed by atoms with Gasteiger partial charge in [-0.25, -0.2) is 0 Å². The molecule has 1 fully saturated rings. The number of aryl methyl sites for hydroxylation is 1. The monoisotopic (exact) mass is 237 g/mol. The zero-order chi connectivity index (χ0) is 11.4. The number of carbonyl (C=O) groups is 1. The van der Waals surface area contributed by atoms with E-state index >= 15 is 0 Å². The van der Waals surface area contributed by atoms with Crippen LogP contribution in [0.25, 0.3) is 0 Å². The van der Waals surface area contributed by atoms with Crippen molar-refractivity contribution < 1.29 is 4.79 Å². The van der Waals surface area contributed by atoms with Crippen LogP contribution in [0.5, 0.6) is 0 Å². The van der Waals surface area contributed by atoms with Crippen molar-refractivity contribution in [2.24, 2.45) is 5.92 Å². The Balaban J connectivity index is 1.81. The van der Waals surface area contributed by atoms with Crippen LogP contribution in [-0.2, 0) is 11.3 Å². The molecule has 0 aliphatic heterocycles.